The Hall–Kier alpha value is -1.60. The maximum absolute atomic E-state index is 11.6. The molecule has 1 aromatic rings. The van der Waals surface area contributed by atoms with Gasteiger partial charge in [0.15, 0.2) is 0 Å². The second-order valence-electron chi connectivity index (χ2n) is 4.14. The molecular formula is C10H15N3O4. The van der Waals surface area contributed by atoms with Crippen molar-refractivity contribution in [3.63, 3.8) is 0 Å². The highest BCUT2D eigenvalue weighted by atomic mass is 16.5. The number of methoxy groups -OCH3 is 1. The summed E-state index contributed by atoms with van der Waals surface area (Å²) in [6.07, 6.45) is 0.689. The summed E-state index contributed by atoms with van der Waals surface area (Å²) in [4.78, 5) is 24.9. The maximum atomic E-state index is 11.6. The molecule has 7 heteroatoms. The number of aromatic amines is 1. The van der Waals surface area contributed by atoms with Crippen molar-refractivity contribution < 1.29 is 9.47 Å². The van der Waals surface area contributed by atoms with Crippen molar-refractivity contribution in [2.24, 2.45) is 0 Å². The number of hydrogen-bond donors (Lipinski definition) is 2. The summed E-state index contributed by atoms with van der Waals surface area (Å²) in [5.74, 6) is 0.127. The van der Waals surface area contributed by atoms with E-state index in [0.717, 1.165) is 0 Å². The van der Waals surface area contributed by atoms with Crippen LogP contribution in [0.5, 0.6) is 0 Å². The maximum Gasteiger partial charge on any atom is 0.329 e. The molecule has 1 aromatic heterocycles. The molecule has 17 heavy (non-hydrogen) atoms. The van der Waals surface area contributed by atoms with Gasteiger partial charge in [-0.2, -0.15) is 0 Å². The van der Waals surface area contributed by atoms with E-state index in [9.17, 15) is 9.59 Å². The Morgan fingerprint density at radius 1 is 1.65 bits per heavy atom. The molecule has 1 fully saturated rings. The molecule has 1 saturated heterocycles. The van der Waals surface area contributed by atoms with E-state index in [1.807, 2.05) is 0 Å². The standard InChI is InChI=1S/C10H15N3O4/c1-16-10(2-3-17-6-10)5-13-7(11)4-8(14)12-9(13)15/h4H,2-3,5-6,11H2,1H3,(H,12,14,15). The quantitative estimate of drug-likeness (QED) is 0.701. The second-order valence-corrected chi connectivity index (χ2v) is 4.14. The molecule has 2 heterocycles. The fourth-order valence-corrected chi connectivity index (χ4v) is 1.93. The number of hydrogen-bond acceptors (Lipinski definition) is 5. The van der Waals surface area contributed by atoms with Gasteiger partial charge < -0.3 is 15.2 Å². The first-order valence-electron chi connectivity index (χ1n) is 5.29. The van der Waals surface area contributed by atoms with E-state index in [1.165, 1.54) is 10.6 Å². The zero-order valence-electron chi connectivity index (χ0n) is 9.56. The number of H-pyrrole nitrogens is 1. The molecule has 0 radical (unpaired) electrons. The fourth-order valence-electron chi connectivity index (χ4n) is 1.93. The summed E-state index contributed by atoms with van der Waals surface area (Å²) in [6.45, 7) is 1.27. The van der Waals surface area contributed by atoms with Crippen molar-refractivity contribution in [1.29, 1.82) is 0 Å². The lowest BCUT2D eigenvalue weighted by Gasteiger charge is -2.26. The third kappa shape index (κ3) is 2.25. The van der Waals surface area contributed by atoms with Crippen LogP contribution in [-0.2, 0) is 16.0 Å². The lowest BCUT2D eigenvalue weighted by molar-refractivity contribution is -0.0299. The molecule has 0 spiro atoms. The smallest absolute Gasteiger partial charge is 0.329 e. The highest BCUT2D eigenvalue weighted by Crippen LogP contribution is 2.24. The van der Waals surface area contributed by atoms with Crippen molar-refractivity contribution in [2.75, 3.05) is 26.1 Å². The van der Waals surface area contributed by atoms with Crippen LogP contribution in [-0.4, -0.2) is 35.5 Å². The molecule has 94 valence electrons. The number of anilines is 1. The van der Waals surface area contributed by atoms with Crippen LogP contribution in [0, 0.1) is 0 Å². The number of nitrogen functional groups attached to an aromatic ring is 1. The van der Waals surface area contributed by atoms with Gasteiger partial charge in [0.05, 0.1) is 13.2 Å². The molecule has 1 atom stereocenters. The highest BCUT2D eigenvalue weighted by Gasteiger charge is 2.36. The van der Waals surface area contributed by atoms with E-state index in [1.54, 1.807) is 7.11 Å². The number of nitrogens with one attached hydrogen (secondary N) is 1. The summed E-state index contributed by atoms with van der Waals surface area (Å²) >= 11 is 0. The van der Waals surface area contributed by atoms with E-state index >= 15 is 0 Å². The van der Waals surface area contributed by atoms with Crippen molar-refractivity contribution >= 4 is 5.82 Å². The van der Waals surface area contributed by atoms with E-state index in [2.05, 4.69) is 4.98 Å². The summed E-state index contributed by atoms with van der Waals surface area (Å²) < 4.78 is 12.0. The van der Waals surface area contributed by atoms with Crippen LogP contribution in [0.15, 0.2) is 15.7 Å². The average Bonchev–Trinajstić information content (AvgIpc) is 2.73. The minimum Gasteiger partial charge on any atom is -0.385 e. The molecule has 0 bridgehead atoms. The average molecular weight is 241 g/mol. The van der Waals surface area contributed by atoms with Gasteiger partial charge in [0, 0.05) is 26.2 Å². The number of aromatic nitrogens is 2. The van der Waals surface area contributed by atoms with Gasteiger partial charge in [0.25, 0.3) is 5.56 Å². The van der Waals surface area contributed by atoms with Gasteiger partial charge in [0.1, 0.15) is 11.4 Å². The first-order chi connectivity index (χ1) is 8.06. The number of rotatable bonds is 3. The molecule has 1 unspecified atom stereocenters. The van der Waals surface area contributed by atoms with Gasteiger partial charge in [0.2, 0.25) is 0 Å². The predicted molar refractivity (Wildman–Crippen MR) is 60.9 cm³/mol. The van der Waals surface area contributed by atoms with Crippen LogP contribution >= 0.6 is 0 Å². The molecule has 0 aliphatic carbocycles. The monoisotopic (exact) mass is 241 g/mol. The summed E-state index contributed by atoms with van der Waals surface area (Å²) in [5, 5.41) is 0. The van der Waals surface area contributed by atoms with Crippen LogP contribution < -0.4 is 17.0 Å². The Labute approximate surface area is 97.2 Å². The molecule has 2 rings (SSSR count). The molecule has 3 N–H and O–H groups in total. The molecule has 7 nitrogen and oxygen atoms in total. The molecule has 0 aromatic carbocycles. The number of nitrogens with zero attached hydrogens (tertiary/aromatic N) is 1. The lowest BCUT2D eigenvalue weighted by atomic mass is 10.0. The van der Waals surface area contributed by atoms with E-state index < -0.39 is 16.9 Å². The number of ether oxygens (including phenoxy) is 2. The zero-order chi connectivity index (χ0) is 12.5. The van der Waals surface area contributed by atoms with Gasteiger partial charge in [-0.3, -0.25) is 14.3 Å². The molecule has 0 saturated carbocycles. The summed E-state index contributed by atoms with van der Waals surface area (Å²) in [7, 11) is 1.57. The lowest BCUT2D eigenvalue weighted by Crippen LogP contribution is -2.43. The number of nitrogens with two attached hydrogens (primary N) is 1. The van der Waals surface area contributed by atoms with Crippen LogP contribution in [0.1, 0.15) is 6.42 Å². The molecule has 1 aliphatic heterocycles. The Balaban J connectivity index is 2.36. The normalized spacial score (nSPS) is 24.1. The predicted octanol–water partition coefficient (Wildman–Crippen LogP) is -1.08. The largest absolute Gasteiger partial charge is 0.385 e. The topological polar surface area (TPSA) is 99.3 Å². The zero-order valence-corrected chi connectivity index (χ0v) is 9.56. The minimum atomic E-state index is -0.545. The summed E-state index contributed by atoms with van der Waals surface area (Å²) in [5.41, 5.74) is 4.08. The van der Waals surface area contributed by atoms with Crippen molar-refractivity contribution in [2.45, 2.75) is 18.6 Å². The Morgan fingerprint density at radius 2 is 2.41 bits per heavy atom. The SMILES string of the molecule is COC1(Cn2c(N)cc(=O)[nH]c2=O)CCOC1. The molecular weight excluding hydrogens is 226 g/mol. The van der Waals surface area contributed by atoms with Crippen LogP contribution in [0.2, 0.25) is 0 Å². The third-order valence-electron chi connectivity index (χ3n) is 3.01. The van der Waals surface area contributed by atoms with Crippen molar-refractivity contribution in [1.82, 2.24) is 9.55 Å². The second kappa shape index (κ2) is 4.34. The van der Waals surface area contributed by atoms with E-state index in [-0.39, 0.29) is 12.4 Å². The van der Waals surface area contributed by atoms with Crippen molar-refractivity contribution in [3.8, 4) is 0 Å². The fraction of sp³-hybridized carbons (Fsp3) is 0.600. The molecule has 1 aliphatic rings. The van der Waals surface area contributed by atoms with Crippen LogP contribution in [0.25, 0.3) is 0 Å². The molecule has 0 amide bonds. The van der Waals surface area contributed by atoms with Crippen LogP contribution in [0.4, 0.5) is 5.82 Å². The van der Waals surface area contributed by atoms with Gasteiger partial charge in [-0.1, -0.05) is 0 Å². The van der Waals surface area contributed by atoms with Crippen LogP contribution in [0.3, 0.4) is 0 Å². The summed E-state index contributed by atoms with van der Waals surface area (Å²) in [6, 6.07) is 1.18. The van der Waals surface area contributed by atoms with Gasteiger partial charge in [-0.15, -0.1) is 0 Å². The van der Waals surface area contributed by atoms with E-state index in [4.69, 9.17) is 15.2 Å². The van der Waals surface area contributed by atoms with E-state index in [0.29, 0.717) is 19.6 Å². The van der Waals surface area contributed by atoms with Gasteiger partial charge in [-0.05, 0) is 0 Å². The first kappa shape index (κ1) is 11.9. The van der Waals surface area contributed by atoms with Crippen molar-refractivity contribution in [3.05, 3.63) is 26.9 Å². The Kier molecular flexibility index (Phi) is 3.03. The van der Waals surface area contributed by atoms with Gasteiger partial charge in [-0.25, -0.2) is 4.79 Å². The Bertz CT molecular complexity index is 513. The first-order valence-corrected chi connectivity index (χ1v) is 5.29. The highest BCUT2D eigenvalue weighted by molar-refractivity contribution is 5.26. The minimum absolute atomic E-state index is 0.127. The third-order valence-corrected chi connectivity index (χ3v) is 3.01. The Morgan fingerprint density at radius 3 is 2.94 bits per heavy atom. The van der Waals surface area contributed by atoms with Gasteiger partial charge >= 0.3 is 5.69 Å².